The summed E-state index contributed by atoms with van der Waals surface area (Å²) in [4.78, 5) is 12.0. The fourth-order valence-corrected chi connectivity index (χ4v) is 4.31. The highest BCUT2D eigenvalue weighted by Crippen LogP contribution is 2.39. The van der Waals surface area contributed by atoms with Gasteiger partial charge in [0.1, 0.15) is 5.75 Å². The number of methoxy groups -OCH3 is 1. The third-order valence-electron chi connectivity index (χ3n) is 4.85. The normalized spacial score (nSPS) is 11.3. The molecule has 0 bridgehead atoms. The summed E-state index contributed by atoms with van der Waals surface area (Å²) in [7, 11) is 4.97. The molecule has 0 aliphatic heterocycles. The van der Waals surface area contributed by atoms with E-state index in [0.29, 0.717) is 31.1 Å². The largest absolute Gasteiger partial charge is 0.453 e. The third kappa shape index (κ3) is 5.66. The molecule has 4 rings (SSSR count). The lowest BCUT2D eigenvalue weighted by Gasteiger charge is -2.19. The minimum atomic E-state index is -0.515. The predicted octanol–water partition coefficient (Wildman–Crippen LogP) is 4.50. The van der Waals surface area contributed by atoms with Crippen LogP contribution in [0.15, 0.2) is 54.9 Å². The van der Waals surface area contributed by atoms with Crippen LogP contribution in [-0.4, -0.2) is 49.8 Å². The smallest absolute Gasteiger partial charge is 0.398 e. The topological polar surface area (TPSA) is 82.7 Å². The molecule has 3 heterocycles. The quantitative estimate of drug-likeness (QED) is 0.273. The van der Waals surface area contributed by atoms with Gasteiger partial charge in [-0.05, 0) is 29.8 Å². The molecule has 1 aromatic carbocycles. The summed E-state index contributed by atoms with van der Waals surface area (Å²) in [5, 5.41) is 0. The number of nitrogens with zero attached hydrogens (tertiary/aromatic N) is 3. The van der Waals surface area contributed by atoms with Crippen LogP contribution in [0.1, 0.15) is 5.56 Å². The molecule has 0 atom stereocenters. The predicted molar refractivity (Wildman–Crippen MR) is 129 cm³/mol. The van der Waals surface area contributed by atoms with Crippen molar-refractivity contribution in [3.8, 4) is 22.1 Å². The Labute approximate surface area is 196 Å². The molecule has 7 nitrogen and oxygen atoms in total. The van der Waals surface area contributed by atoms with Crippen LogP contribution in [0.4, 0.5) is 10.1 Å². The van der Waals surface area contributed by atoms with Gasteiger partial charge in [0, 0.05) is 57.5 Å². The highest BCUT2D eigenvalue weighted by Gasteiger charge is 2.14. The fourth-order valence-electron chi connectivity index (χ4n) is 3.26. The number of ether oxygens (including phenoxy) is 2. The van der Waals surface area contributed by atoms with Crippen LogP contribution in [0, 0.1) is 5.82 Å². The second-order valence-electron chi connectivity index (χ2n) is 7.28. The van der Waals surface area contributed by atoms with E-state index in [1.807, 2.05) is 29.2 Å². The van der Waals surface area contributed by atoms with Gasteiger partial charge < -0.3 is 24.7 Å². The van der Waals surface area contributed by atoms with Crippen molar-refractivity contribution in [2.75, 3.05) is 33.1 Å². The molecule has 2 N–H and O–H groups in total. The van der Waals surface area contributed by atoms with Crippen LogP contribution < -0.4 is 10.5 Å². The van der Waals surface area contributed by atoms with Gasteiger partial charge in [0.05, 0.1) is 27.4 Å². The molecule has 10 heteroatoms. The van der Waals surface area contributed by atoms with Crippen molar-refractivity contribution in [3.63, 3.8) is 0 Å². The van der Waals surface area contributed by atoms with Crippen LogP contribution in [0.25, 0.3) is 20.8 Å². The second-order valence-corrected chi connectivity index (χ2v) is 8.33. The standard InChI is InChI=1S/C23H23BFN4O3S/c1-30-10-9-29(24-31-2)14-15-3-5-18(28-13-15)22-12-19-23(33-22)21(7-8-27-19)32-20-6-4-16(26)11-17(20)25/h3-8,11-13H,9-10,14,26H2,1-2H3. The molecule has 4 aromatic rings. The maximum absolute atomic E-state index is 14.2. The maximum atomic E-state index is 14.2. The van der Waals surface area contributed by atoms with E-state index in [4.69, 9.17) is 19.9 Å². The van der Waals surface area contributed by atoms with Gasteiger partial charge in [-0.3, -0.25) is 9.97 Å². The summed E-state index contributed by atoms with van der Waals surface area (Å²) in [5.74, 6) is 0.125. The van der Waals surface area contributed by atoms with Crippen molar-refractivity contribution in [2.24, 2.45) is 0 Å². The van der Waals surface area contributed by atoms with E-state index < -0.39 is 5.82 Å². The fraction of sp³-hybridized carbons (Fsp3) is 0.217. The number of nitrogens with two attached hydrogens (primary N) is 1. The number of anilines is 1. The number of benzene rings is 1. The summed E-state index contributed by atoms with van der Waals surface area (Å²) >= 11 is 1.49. The van der Waals surface area contributed by atoms with E-state index in [-0.39, 0.29) is 5.75 Å². The van der Waals surface area contributed by atoms with E-state index in [1.54, 1.807) is 40.2 Å². The van der Waals surface area contributed by atoms with E-state index in [2.05, 4.69) is 9.97 Å². The van der Waals surface area contributed by atoms with Gasteiger partial charge in [0.25, 0.3) is 0 Å². The number of hydrogen-bond acceptors (Lipinski definition) is 8. The average molecular weight is 465 g/mol. The van der Waals surface area contributed by atoms with Gasteiger partial charge in [0.15, 0.2) is 11.6 Å². The number of pyridine rings is 2. The van der Waals surface area contributed by atoms with Crippen molar-refractivity contribution in [3.05, 3.63) is 66.2 Å². The van der Waals surface area contributed by atoms with Gasteiger partial charge in [-0.15, -0.1) is 11.3 Å². The summed E-state index contributed by atoms with van der Waals surface area (Å²) in [5.41, 5.74) is 8.60. The first kappa shape index (κ1) is 23.1. The first-order valence-corrected chi connectivity index (χ1v) is 11.0. The van der Waals surface area contributed by atoms with Crippen molar-refractivity contribution >= 4 is 34.9 Å². The molecule has 0 unspecified atom stereocenters. The molecule has 0 aliphatic carbocycles. The van der Waals surface area contributed by atoms with Gasteiger partial charge in [-0.2, -0.15) is 0 Å². The third-order valence-corrected chi connectivity index (χ3v) is 6.01. The van der Waals surface area contributed by atoms with Gasteiger partial charge in [-0.25, -0.2) is 4.39 Å². The lowest BCUT2D eigenvalue weighted by molar-refractivity contribution is 0.171. The van der Waals surface area contributed by atoms with Crippen molar-refractivity contribution in [1.29, 1.82) is 0 Å². The van der Waals surface area contributed by atoms with E-state index in [0.717, 1.165) is 26.4 Å². The summed E-state index contributed by atoms with van der Waals surface area (Å²) in [6.45, 7) is 1.97. The molecule has 0 spiro atoms. The number of halogens is 1. The van der Waals surface area contributed by atoms with Crippen molar-refractivity contribution in [1.82, 2.24) is 14.8 Å². The molecule has 0 saturated heterocycles. The molecule has 3 aromatic heterocycles. The summed E-state index contributed by atoms with van der Waals surface area (Å²) in [6, 6.07) is 12.0. The Bertz CT molecular complexity index is 1220. The van der Waals surface area contributed by atoms with Crippen molar-refractivity contribution in [2.45, 2.75) is 6.54 Å². The molecular weight excluding hydrogens is 442 g/mol. The molecule has 33 heavy (non-hydrogen) atoms. The highest BCUT2D eigenvalue weighted by molar-refractivity contribution is 7.22. The Kier molecular flexibility index (Phi) is 7.51. The van der Waals surface area contributed by atoms with Crippen LogP contribution in [0.3, 0.4) is 0 Å². The number of fused-ring (bicyclic) bond motifs is 1. The van der Waals surface area contributed by atoms with E-state index in [9.17, 15) is 4.39 Å². The highest BCUT2D eigenvalue weighted by atomic mass is 32.1. The monoisotopic (exact) mass is 465 g/mol. The zero-order chi connectivity index (χ0) is 23.2. The number of thiophene rings is 1. The zero-order valence-electron chi connectivity index (χ0n) is 18.3. The van der Waals surface area contributed by atoms with Crippen LogP contribution in [0.5, 0.6) is 11.5 Å². The molecule has 169 valence electrons. The second kappa shape index (κ2) is 10.7. The summed E-state index contributed by atoms with van der Waals surface area (Å²) in [6.07, 6.45) is 3.48. The lowest BCUT2D eigenvalue weighted by atomic mass is 10.1. The first-order chi connectivity index (χ1) is 16.1. The Morgan fingerprint density at radius 3 is 2.70 bits per heavy atom. The minimum Gasteiger partial charge on any atom is -0.453 e. The maximum Gasteiger partial charge on any atom is 0.398 e. The molecule has 0 fully saturated rings. The SMILES string of the molecule is CO[B]N(CCOC)Cc1ccc(-c2cc3nccc(Oc4ccc(N)cc4F)c3s2)nc1. The van der Waals surface area contributed by atoms with Gasteiger partial charge >= 0.3 is 7.62 Å². The average Bonchev–Trinajstić information content (AvgIpc) is 3.25. The zero-order valence-corrected chi connectivity index (χ0v) is 19.1. The Morgan fingerprint density at radius 1 is 1.09 bits per heavy atom. The molecular formula is C23H23BFN4O3S. The minimum absolute atomic E-state index is 0.111. The number of rotatable bonds is 10. The van der Waals surface area contributed by atoms with E-state index >= 15 is 0 Å². The van der Waals surface area contributed by atoms with Crippen LogP contribution in [-0.2, 0) is 15.9 Å². The van der Waals surface area contributed by atoms with Crippen molar-refractivity contribution < 1.29 is 18.5 Å². The van der Waals surface area contributed by atoms with Crippen LogP contribution in [0.2, 0.25) is 0 Å². The molecule has 1 radical (unpaired) electrons. The number of hydrogen-bond donors (Lipinski definition) is 1. The first-order valence-electron chi connectivity index (χ1n) is 10.2. The number of aromatic nitrogens is 2. The lowest BCUT2D eigenvalue weighted by Crippen LogP contribution is -2.31. The molecule has 0 aliphatic rings. The molecule has 0 amide bonds. The Balaban J connectivity index is 1.54. The van der Waals surface area contributed by atoms with Gasteiger partial charge in [0.2, 0.25) is 0 Å². The van der Waals surface area contributed by atoms with E-state index in [1.165, 1.54) is 23.5 Å². The summed E-state index contributed by atoms with van der Waals surface area (Å²) < 4.78 is 31.1. The number of nitrogen functional groups attached to an aromatic ring is 1. The Morgan fingerprint density at radius 2 is 1.97 bits per heavy atom. The van der Waals surface area contributed by atoms with Crippen LogP contribution >= 0.6 is 11.3 Å². The Hall–Kier alpha value is -3.05. The van der Waals surface area contributed by atoms with Gasteiger partial charge in [-0.1, -0.05) is 6.07 Å². The molecule has 0 saturated carbocycles.